The molecule has 4 rings (SSSR count). The number of carboxylic acid groups (broad SMARTS) is 1. The molecule has 3 aromatic rings. The summed E-state index contributed by atoms with van der Waals surface area (Å²) in [6.45, 7) is 15.8. The molecule has 2 atom stereocenters. The van der Waals surface area contributed by atoms with E-state index in [0.29, 0.717) is 23.5 Å². The fraction of sp³-hybridized carbons (Fsp3) is 0.333. The van der Waals surface area contributed by atoms with E-state index in [1.807, 2.05) is 57.2 Å². The first-order valence-electron chi connectivity index (χ1n) is 12.4. The summed E-state index contributed by atoms with van der Waals surface area (Å²) in [5.41, 5.74) is 6.75. The van der Waals surface area contributed by atoms with Crippen molar-refractivity contribution in [2.24, 2.45) is 5.92 Å². The van der Waals surface area contributed by atoms with Crippen molar-refractivity contribution in [2.75, 3.05) is 6.54 Å². The molecule has 1 aliphatic heterocycles. The molecule has 1 heterocycles. The molecule has 3 aromatic carbocycles. The zero-order valence-corrected chi connectivity index (χ0v) is 22.5. The van der Waals surface area contributed by atoms with Crippen LogP contribution in [0.4, 0.5) is 5.69 Å². The largest absolute Gasteiger partial charge is 0.481 e. The number of aliphatic carboxylic acids is 1. The molecule has 0 aromatic heterocycles. The third-order valence-corrected chi connectivity index (χ3v) is 9.09. The number of nitrogens with zero attached hydrogens (tertiary/aromatic N) is 2. The van der Waals surface area contributed by atoms with Gasteiger partial charge in [0.15, 0.2) is 5.69 Å². The predicted octanol–water partition coefficient (Wildman–Crippen LogP) is 6.15. The topological polar surface area (TPSA) is 79.0 Å². The van der Waals surface area contributed by atoms with E-state index in [2.05, 4.69) is 11.8 Å². The Hall–Kier alpha value is -3.47. The normalized spacial score (nSPS) is 17.9. The van der Waals surface area contributed by atoms with Crippen LogP contribution >= 0.6 is 0 Å². The lowest BCUT2D eigenvalue weighted by molar-refractivity contribution is -0.137. The molecule has 1 N–H and O–H groups in total. The Labute approximate surface area is 219 Å². The molecule has 0 saturated heterocycles. The van der Waals surface area contributed by atoms with E-state index in [-0.39, 0.29) is 18.9 Å². The van der Waals surface area contributed by atoms with Crippen LogP contribution in [0.5, 0.6) is 0 Å². The lowest BCUT2D eigenvalue weighted by atomic mass is 9.84. The average Bonchev–Trinajstić information content (AvgIpc) is 2.91. The monoisotopic (exact) mass is 516 g/mol. The van der Waals surface area contributed by atoms with Crippen LogP contribution in [-0.4, -0.2) is 30.3 Å². The number of carbonyl (C=O) groups is 1. The van der Waals surface area contributed by atoms with Crippen LogP contribution < -0.4 is 0 Å². The molecule has 0 fully saturated rings. The molecule has 7 heteroatoms. The second-order valence-electron chi connectivity index (χ2n) is 10.2. The van der Waals surface area contributed by atoms with Gasteiger partial charge in [-0.3, -0.25) is 4.79 Å². The van der Waals surface area contributed by atoms with Gasteiger partial charge in [-0.2, -0.15) is 4.31 Å². The molecule has 192 valence electrons. The molecule has 0 spiro atoms. The van der Waals surface area contributed by atoms with Gasteiger partial charge in [0.1, 0.15) is 0 Å². The SMILES string of the molecule is [C-]#[N+]c1ccc(C(CC(=O)O)c2ccc(C)c(CN3CC(C)Cc4cc(C)ccc4S3(=O)=O)c2)c(C)c1. The Kier molecular flexibility index (Phi) is 7.54. The van der Waals surface area contributed by atoms with Gasteiger partial charge in [0, 0.05) is 19.0 Å². The van der Waals surface area contributed by atoms with Crippen molar-refractivity contribution in [3.63, 3.8) is 0 Å². The van der Waals surface area contributed by atoms with E-state index in [1.165, 1.54) is 0 Å². The predicted molar refractivity (Wildman–Crippen MR) is 144 cm³/mol. The fourth-order valence-corrected chi connectivity index (χ4v) is 7.02. The molecular formula is C30H32N2O4S. The summed E-state index contributed by atoms with van der Waals surface area (Å²) in [5, 5.41) is 9.69. The maximum absolute atomic E-state index is 13.7. The molecule has 0 saturated carbocycles. The summed E-state index contributed by atoms with van der Waals surface area (Å²) in [6, 6.07) is 16.7. The van der Waals surface area contributed by atoms with Crippen LogP contribution in [-0.2, 0) is 27.8 Å². The number of rotatable bonds is 6. The van der Waals surface area contributed by atoms with Gasteiger partial charge in [0.2, 0.25) is 10.0 Å². The summed E-state index contributed by atoms with van der Waals surface area (Å²) in [6.07, 6.45) is 0.596. The number of hydrogen-bond donors (Lipinski definition) is 1. The van der Waals surface area contributed by atoms with Crippen molar-refractivity contribution in [1.82, 2.24) is 4.31 Å². The minimum absolute atomic E-state index is 0.105. The second kappa shape index (κ2) is 10.5. The van der Waals surface area contributed by atoms with Crippen LogP contribution in [0.1, 0.15) is 58.2 Å². The summed E-state index contributed by atoms with van der Waals surface area (Å²) in [7, 11) is -3.69. The summed E-state index contributed by atoms with van der Waals surface area (Å²) >= 11 is 0. The Morgan fingerprint density at radius 1 is 1.08 bits per heavy atom. The van der Waals surface area contributed by atoms with Crippen molar-refractivity contribution in [3.8, 4) is 0 Å². The highest BCUT2D eigenvalue weighted by Gasteiger charge is 2.32. The molecule has 0 amide bonds. The Bertz CT molecular complexity index is 1500. The smallest absolute Gasteiger partial charge is 0.304 e. The van der Waals surface area contributed by atoms with Gasteiger partial charge < -0.3 is 5.11 Å². The number of carboxylic acids is 1. The lowest BCUT2D eigenvalue weighted by Gasteiger charge is -2.25. The van der Waals surface area contributed by atoms with Crippen molar-refractivity contribution < 1.29 is 18.3 Å². The number of aryl methyl sites for hydroxylation is 3. The van der Waals surface area contributed by atoms with Crippen LogP contribution in [0.25, 0.3) is 4.85 Å². The van der Waals surface area contributed by atoms with E-state index in [1.54, 1.807) is 22.5 Å². The maximum Gasteiger partial charge on any atom is 0.304 e. The standard InChI is InChI=1S/C30H32N2O4S/c1-19-6-11-29-24(12-19)13-20(2)17-32(37(29,35)36)18-25-15-23(8-7-21(25)3)28(16-30(33)34)27-10-9-26(31-5)14-22(27)4/h6-12,14-15,20,28H,13,16-18H2,1-4H3,(H,33,34). The number of hydrogen-bond acceptors (Lipinski definition) is 3. The molecule has 1 aliphatic rings. The first-order chi connectivity index (χ1) is 17.5. The Morgan fingerprint density at radius 3 is 2.51 bits per heavy atom. The highest BCUT2D eigenvalue weighted by molar-refractivity contribution is 7.89. The Morgan fingerprint density at radius 2 is 1.84 bits per heavy atom. The molecule has 37 heavy (non-hydrogen) atoms. The van der Waals surface area contributed by atoms with Crippen LogP contribution in [0.2, 0.25) is 0 Å². The third-order valence-electron chi connectivity index (χ3n) is 7.18. The Balaban J connectivity index is 1.74. The van der Waals surface area contributed by atoms with Gasteiger partial charge in [-0.25, -0.2) is 13.3 Å². The highest BCUT2D eigenvalue weighted by atomic mass is 32.2. The molecule has 6 nitrogen and oxygen atoms in total. The molecule has 0 aliphatic carbocycles. The fourth-order valence-electron chi connectivity index (χ4n) is 5.26. The van der Waals surface area contributed by atoms with Gasteiger partial charge in [-0.15, -0.1) is 0 Å². The zero-order chi connectivity index (χ0) is 26.9. The van der Waals surface area contributed by atoms with E-state index in [9.17, 15) is 18.3 Å². The van der Waals surface area contributed by atoms with Crippen molar-refractivity contribution in [1.29, 1.82) is 0 Å². The van der Waals surface area contributed by atoms with Gasteiger partial charge in [0.25, 0.3) is 0 Å². The van der Waals surface area contributed by atoms with E-state index < -0.39 is 21.9 Å². The third kappa shape index (κ3) is 5.61. The van der Waals surface area contributed by atoms with E-state index >= 15 is 0 Å². The first-order valence-corrected chi connectivity index (χ1v) is 13.8. The summed E-state index contributed by atoms with van der Waals surface area (Å²) in [5.74, 6) is -1.18. The van der Waals surface area contributed by atoms with Crippen molar-refractivity contribution in [3.05, 3.63) is 105 Å². The summed E-state index contributed by atoms with van der Waals surface area (Å²) in [4.78, 5) is 15.7. The number of sulfonamides is 1. The average molecular weight is 517 g/mol. The van der Waals surface area contributed by atoms with E-state index in [0.717, 1.165) is 38.9 Å². The van der Waals surface area contributed by atoms with Crippen LogP contribution in [0.15, 0.2) is 59.5 Å². The highest BCUT2D eigenvalue weighted by Crippen LogP contribution is 2.35. The van der Waals surface area contributed by atoms with Crippen molar-refractivity contribution >= 4 is 21.7 Å². The van der Waals surface area contributed by atoms with Crippen LogP contribution in [0, 0.1) is 33.3 Å². The van der Waals surface area contributed by atoms with Gasteiger partial charge in [-0.05, 0) is 67.0 Å². The minimum atomic E-state index is -3.69. The van der Waals surface area contributed by atoms with Gasteiger partial charge >= 0.3 is 5.97 Å². The zero-order valence-electron chi connectivity index (χ0n) is 21.7. The number of benzene rings is 3. The van der Waals surface area contributed by atoms with Crippen LogP contribution in [0.3, 0.4) is 0 Å². The molecular weight excluding hydrogens is 484 g/mol. The molecule has 0 radical (unpaired) electrons. The van der Waals surface area contributed by atoms with E-state index in [4.69, 9.17) is 6.57 Å². The second-order valence-corrected chi connectivity index (χ2v) is 12.1. The van der Waals surface area contributed by atoms with Gasteiger partial charge in [0.05, 0.1) is 17.9 Å². The summed E-state index contributed by atoms with van der Waals surface area (Å²) < 4.78 is 29.0. The van der Waals surface area contributed by atoms with Gasteiger partial charge in [-0.1, -0.05) is 66.6 Å². The lowest BCUT2D eigenvalue weighted by Crippen LogP contribution is -2.33. The quantitative estimate of drug-likeness (QED) is 0.399. The maximum atomic E-state index is 13.7. The van der Waals surface area contributed by atoms with Crippen molar-refractivity contribution in [2.45, 2.75) is 57.9 Å². The molecule has 2 unspecified atom stereocenters. The number of fused-ring (bicyclic) bond motifs is 1. The first kappa shape index (κ1) is 26.6. The minimum Gasteiger partial charge on any atom is -0.481 e. The molecule has 0 bridgehead atoms.